The highest BCUT2D eigenvalue weighted by Crippen LogP contribution is 2.53. The van der Waals surface area contributed by atoms with Gasteiger partial charge < -0.3 is 9.53 Å². The average Bonchev–Trinajstić information content (AvgIpc) is 2.86. The summed E-state index contributed by atoms with van der Waals surface area (Å²) in [6.07, 6.45) is 8.03. The van der Waals surface area contributed by atoms with E-state index in [1.807, 2.05) is 12.3 Å². The number of aliphatic hydroxyl groups excluding tert-OH is 1. The second kappa shape index (κ2) is 6.79. The number of hydrogen-bond donors (Lipinski definition) is 1. The quantitative estimate of drug-likeness (QED) is 0.603. The lowest BCUT2D eigenvalue weighted by Crippen LogP contribution is -2.47. The number of hydrogen-bond acceptors (Lipinski definition) is 3. The molecule has 3 atom stereocenters. The molecule has 0 radical (unpaired) electrons. The van der Waals surface area contributed by atoms with Gasteiger partial charge in [0.25, 0.3) is 0 Å². The Morgan fingerprint density at radius 2 is 2.08 bits per heavy atom. The zero-order valence-corrected chi connectivity index (χ0v) is 17.6. The number of rotatable bonds is 5. The fourth-order valence-corrected chi connectivity index (χ4v) is 5.79. The van der Waals surface area contributed by atoms with Crippen LogP contribution in [0.15, 0.2) is 18.3 Å². The van der Waals surface area contributed by atoms with E-state index in [1.54, 1.807) is 0 Å². The van der Waals surface area contributed by atoms with Crippen LogP contribution in [0.2, 0.25) is 18.1 Å². The Morgan fingerprint density at radius 3 is 2.80 bits per heavy atom. The molecule has 0 bridgehead atoms. The van der Waals surface area contributed by atoms with E-state index in [0.29, 0.717) is 5.92 Å². The molecule has 1 N–H and O–H groups in total. The van der Waals surface area contributed by atoms with Crippen LogP contribution in [0.1, 0.15) is 64.1 Å². The molecule has 4 heteroatoms. The van der Waals surface area contributed by atoms with Gasteiger partial charge in [0.2, 0.25) is 0 Å². The van der Waals surface area contributed by atoms with Gasteiger partial charge in [0.1, 0.15) is 0 Å². The molecule has 0 saturated heterocycles. The number of nitrogens with zero attached hydrogens (tertiary/aromatic N) is 1. The van der Waals surface area contributed by atoms with Gasteiger partial charge in [-0.05, 0) is 67.8 Å². The highest BCUT2D eigenvalue weighted by Gasteiger charge is 2.53. The van der Waals surface area contributed by atoms with E-state index in [0.717, 1.165) is 38.7 Å². The summed E-state index contributed by atoms with van der Waals surface area (Å²) in [7, 11) is -1.69. The molecule has 140 valence electrons. The maximum Gasteiger partial charge on any atom is 0.191 e. The van der Waals surface area contributed by atoms with E-state index < -0.39 is 8.32 Å². The van der Waals surface area contributed by atoms with Crippen LogP contribution in [-0.4, -0.2) is 31.1 Å². The van der Waals surface area contributed by atoms with Crippen molar-refractivity contribution in [2.24, 2.45) is 5.92 Å². The van der Waals surface area contributed by atoms with Gasteiger partial charge in [-0.15, -0.1) is 0 Å². The van der Waals surface area contributed by atoms with Crippen LogP contribution in [0, 0.1) is 5.92 Å². The molecule has 0 aliphatic heterocycles. The van der Waals surface area contributed by atoms with E-state index >= 15 is 0 Å². The molecular formula is C21H35NO2Si. The van der Waals surface area contributed by atoms with Crippen molar-refractivity contribution in [3.8, 4) is 0 Å². The number of pyridine rings is 1. The monoisotopic (exact) mass is 361 g/mol. The van der Waals surface area contributed by atoms with E-state index in [4.69, 9.17) is 4.43 Å². The fraction of sp³-hybridized carbons (Fsp3) is 0.762. The maximum absolute atomic E-state index is 11.0. The summed E-state index contributed by atoms with van der Waals surface area (Å²) in [5.74, 6) is 0.550. The summed E-state index contributed by atoms with van der Waals surface area (Å²) in [6, 6.07) is 4.25. The number of aromatic nitrogens is 1. The van der Waals surface area contributed by atoms with Gasteiger partial charge in [-0.25, -0.2) is 0 Å². The van der Waals surface area contributed by atoms with E-state index in [2.05, 4.69) is 44.9 Å². The van der Waals surface area contributed by atoms with Crippen LogP contribution in [0.3, 0.4) is 0 Å². The average molecular weight is 362 g/mol. The molecule has 0 amide bonds. The lowest BCUT2D eigenvalue weighted by molar-refractivity contribution is 0.00277. The molecule has 3 rings (SSSR count). The third kappa shape index (κ3) is 3.33. The van der Waals surface area contributed by atoms with E-state index in [9.17, 15) is 5.11 Å². The van der Waals surface area contributed by atoms with Gasteiger partial charge in [-0.3, -0.25) is 4.98 Å². The molecule has 0 aromatic carbocycles. The normalized spacial score (nSPS) is 29.4. The first-order valence-electron chi connectivity index (χ1n) is 9.95. The van der Waals surface area contributed by atoms with Crippen molar-refractivity contribution in [1.82, 2.24) is 4.98 Å². The van der Waals surface area contributed by atoms with Crippen molar-refractivity contribution in [3.05, 3.63) is 29.6 Å². The van der Waals surface area contributed by atoms with Crippen molar-refractivity contribution in [1.29, 1.82) is 0 Å². The van der Waals surface area contributed by atoms with Gasteiger partial charge in [0.15, 0.2) is 8.32 Å². The van der Waals surface area contributed by atoms with Crippen LogP contribution < -0.4 is 0 Å². The standard InChI is InChI=1S/C21H35NO2Si/c1-20(2,3)25(4,5)24-14-8-12-21-16(9-6-11-19(21)23)15-18-17(21)10-7-13-22-18/h7,10,13,16,19,23H,6,8-9,11-12,14-15H2,1-5H3/t16-,19+,21-/m0/s1. The molecule has 2 aliphatic carbocycles. The Labute approximate surface area is 154 Å². The second-order valence-electron chi connectivity index (χ2n) is 9.60. The Balaban J connectivity index is 1.73. The molecule has 1 aromatic heterocycles. The maximum atomic E-state index is 11.0. The lowest BCUT2D eigenvalue weighted by Gasteiger charge is -2.45. The Hall–Kier alpha value is -0.713. The zero-order chi connectivity index (χ0) is 18.3. The van der Waals surface area contributed by atoms with Crippen molar-refractivity contribution in [3.63, 3.8) is 0 Å². The third-order valence-corrected chi connectivity index (χ3v) is 11.7. The third-order valence-electron chi connectivity index (χ3n) is 7.19. The molecule has 2 aliphatic rings. The summed E-state index contributed by atoms with van der Waals surface area (Å²) in [5, 5.41) is 11.3. The Morgan fingerprint density at radius 1 is 1.32 bits per heavy atom. The largest absolute Gasteiger partial charge is 0.417 e. The Kier molecular flexibility index (Phi) is 5.17. The number of aliphatic hydroxyl groups is 1. The molecule has 1 aromatic rings. The van der Waals surface area contributed by atoms with Crippen molar-refractivity contribution < 1.29 is 9.53 Å². The van der Waals surface area contributed by atoms with Crippen LogP contribution in [0.5, 0.6) is 0 Å². The predicted octanol–water partition coefficient (Wildman–Crippen LogP) is 4.84. The van der Waals surface area contributed by atoms with Crippen LogP contribution in [0.25, 0.3) is 0 Å². The van der Waals surface area contributed by atoms with Crippen LogP contribution in [0.4, 0.5) is 0 Å². The zero-order valence-electron chi connectivity index (χ0n) is 16.6. The molecule has 0 spiro atoms. The Bertz CT molecular complexity index is 610. The van der Waals surface area contributed by atoms with Crippen molar-refractivity contribution >= 4 is 8.32 Å². The summed E-state index contributed by atoms with van der Waals surface area (Å²) >= 11 is 0. The summed E-state index contributed by atoms with van der Waals surface area (Å²) in [6.45, 7) is 12.3. The number of fused-ring (bicyclic) bond motifs is 3. The first kappa shape index (κ1) is 19.1. The molecular weight excluding hydrogens is 326 g/mol. The lowest BCUT2D eigenvalue weighted by atomic mass is 9.62. The van der Waals surface area contributed by atoms with Gasteiger partial charge >= 0.3 is 0 Å². The molecule has 1 saturated carbocycles. The topological polar surface area (TPSA) is 42.4 Å². The summed E-state index contributed by atoms with van der Waals surface area (Å²) < 4.78 is 6.39. The minimum atomic E-state index is -1.69. The first-order chi connectivity index (χ1) is 11.7. The van der Waals surface area contributed by atoms with Crippen LogP contribution >= 0.6 is 0 Å². The minimum absolute atomic E-state index is 0.0847. The molecule has 0 unspecified atom stereocenters. The van der Waals surface area contributed by atoms with Crippen molar-refractivity contribution in [2.75, 3.05) is 6.61 Å². The molecule has 3 nitrogen and oxygen atoms in total. The molecule has 25 heavy (non-hydrogen) atoms. The van der Waals surface area contributed by atoms with Gasteiger partial charge in [-0.2, -0.15) is 0 Å². The van der Waals surface area contributed by atoms with Gasteiger partial charge in [-0.1, -0.05) is 33.3 Å². The van der Waals surface area contributed by atoms with Crippen molar-refractivity contribution in [2.45, 2.75) is 88.9 Å². The van der Waals surface area contributed by atoms with E-state index in [-0.39, 0.29) is 16.6 Å². The smallest absolute Gasteiger partial charge is 0.191 e. The van der Waals surface area contributed by atoms with Gasteiger partial charge in [0.05, 0.1) is 6.10 Å². The molecule has 1 fully saturated rings. The SMILES string of the molecule is CC(C)(C)[Si](C)(C)OCCC[C@@]12c3cccnc3C[C@@H]1CCC[C@H]2O. The van der Waals surface area contributed by atoms with Crippen LogP contribution in [-0.2, 0) is 16.3 Å². The second-order valence-corrected chi connectivity index (χ2v) is 14.4. The highest BCUT2D eigenvalue weighted by atomic mass is 28.4. The first-order valence-corrected chi connectivity index (χ1v) is 12.9. The van der Waals surface area contributed by atoms with Gasteiger partial charge in [0, 0.05) is 23.9 Å². The molecule has 1 heterocycles. The predicted molar refractivity (Wildman–Crippen MR) is 105 cm³/mol. The fourth-order valence-electron chi connectivity index (χ4n) is 4.70. The highest BCUT2D eigenvalue weighted by molar-refractivity contribution is 6.74. The summed E-state index contributed by atoms with van der Waals surface area (Å²) in [4.78, 5) is 4.63. The van der Waals surface area contributed by atoms with E-state index in [1.165, 1.54) is 17.7 Å². The minimum Gasteiger partial charge on any atom is -0.417 e. The summed E-state index contributed by atoms with van der Waals surface area (Å²) in [5.41, 5.74) is 2.46.